The summed E-state index contributed by atoms with van der Waals surface area (Å²) in [5.74, 6) is -0.506. The van der Waals surface area contributed by atoms with E-state index in [4.69, 9.17) is 0 Å². The highest BCUT2D eigenvalue weighted by molar-refractivity contribution is 5.88. The van der Waals surface area contributed by atoms with Gasteiger partial charge in [0.25, 0.3) is 0 Å². The average molecular weight is 436 g/mol. The monoisotopic (exact) mass is 435 g/mol. The molecule has 0 unspecified atom stereocenters. The van der Waals surface area contributed by atoms with E-state index in [-0.39, 0.29) is 23.7 Å². The first-order chi connectivity index (χ1) is 15.7. The Morgan fingerprint density at radius 2 is 1.22 bits per heavy atom. The number of hydrogen-bond donors (Lipinski definition) is 3. The summed E-state index contributed by atoms with van der Waals surface area (Å²) in [6, 6.07) is 20.8. The third kappa shape index (κ3) is 8.12. The molecule has 0 spiro atoms. The summed E-state index contributed by atoms with van der Waals surface area (Å²) in [5.41, 5.74) is 2.66. The first-order valence-electron chi connectivity index (χ1n) is 12.1. The fraction of sp³-hybridized carbons (Fsp3) is 0.481. The molecule has 3 rings (SSSR count). The number of unbranched alkanes of at least 4 members (excludes halogenated alkanes) is 2. The standard InChI is InChI=1S/C27H37N3O2/c31-26(29-18-9-7-15-22-11-3-1-4-12-22)24-17-20-28-21-25(24)27(32)30-19-10-8-16-23-13-5-2-6-14-23/h1-6,11-14,24-25,28H,7-10,15-21H2,(H,29,31)(H,30,32)/t24-,25-/m0/s1. The fourth-order valence-corrected chi connectivity index (χ4v) is 4.33. The summed E-state index contributed by atoms with van der Waals surface area (Å²) in [7, 11) is 0. The Hall–Kier alpha value is -2.66. The van der Waals surface area contributed by atoms with Gasteiger partial charge in [-0.1, -0.05) is 60.7 Å². The van der Waals surface area contributed by atoms with Crippen LogP contribution in [0.1, 0.15) is 43.2 Å². The lowest BCUT2D eigenvalue weighted by molar-refractivity contribution is -0.135. The van der Waals surface area contributed by atoms with Gasteiger partial charge in [-0.3, -0.25) is 9.59 Å². The summed E-state index contributed by atoms with van der Waals surface area (Å²) in [6.07, 6.45) is 6.74. The van der Waals surface area contributed by atoms with Gasteiger partial charge in [0.1, 0.15) is 0 Å². The Labute approximate surface area is 192 Å². The predicted octanol–water partition coefficient (Wildman–Crippen LogP) is 3.49. The minimum atomic E-state index is -0.290. The van der Waals surface area contributed by atoms with Gasteiger partial charge in [0.2, 0.25) is 11.8 Å². The SMILES string of the molecule is O=C(NCCCCc1ccccc1)[C@H]1CCNC[C@@H]1C(=O)NCCCCc1ccccc1. The van der Waals surface area contributed by atoms with Crippen LogP contribution in [0.3, 0.4) is 0 Å². The van der Waals surface area contributed by atoms with Crippen LogP contribution in [0.25, 0.3) is 0 Å². The van der Waals surface area contributed by atoms with Crippen molar-refractivity contribution in [3.8, 4) is 0 Å². The number of carbonyl (C=O) groups is 2. The van der Waals surface area contributed by atoms with Crippen molar-refractivity contribution >= 4 is 11.8 Å². The smallest absolute Gasteiger partial charge is 0.225 e. The first-order valence-corrected chi connectivity index (χ1v) is 12.1. The van der Waals surface area contributed by atoms with E-state index < -0.39 is 0 Å². The molecule has 1 fully saturated rings. The van der Waals surface area contributed by atoms with E-state index in [2.05, 4.69) is 64.5 Å². The fourth-order valence-electron chi connectivity index (χ4n) is 4.33. The molecule has 2 aromatic rings. The Bertz CT molecular complexity index is 741. The number of hydrogen-bond acceptors (Lipinski definition) is 3. The highest BCUT2D eigenvalue weighted by Gasteiger charge is 2.35. The van der Waals surface area contributed by atoms with Gasteiger partial charge in [0, 0.05) is 19.6 Å². The first kappa shape index (κ1) is 24.0. The van der Waals surface area contributed by atoms with Crippen LogP contribution in [-0.2, 0) is 22.4 Å². The van der Waals surface area contributed by atoms with Crippen LogP contribution in [0.4, 0.5) is 0 Å². The maximum absolute atomic E-state index is 12.8. The lowest BCUT2D eigenvalue weighted by Crippen LogP contribution is -2.50. The van der Waals surface area contributed by atoms with Crippen molar-refractivity contribution in [1.82, 2.24) is 16.0 Å². The van der Waals surface area contributed by atoms with Crippen molar-refractivity contribution in [3.63, 3.8) is 0 Å². The zero-order chi connectivity index (χ0) is 22.4. The van der Waals surface area contributed by atoms with E-state index in [9.17, 15) is 9.59 Å². The Balaban J connectivity index is 1.33. The molecular weight excluding hydrogens is 398 g/mol. The molecular formula is C27H37N3O2. The zero-order valence-electron chi connectivity index (χ0n) is 19.0. The van der Waals surface area contributed by atoms with Crippen LogP contribution in [0.2, 0.25) is 0 Å². The summed E-state index contributed by atoms with van der Waals surface area (Å²) in [5, 5.41) is 9.41. The Morgan fingerprint density at radius 3 is 1.75 bits per heavy atom. The van der Waals surface area contributed by atoms with Crippen LogP contribution in [0.15, 0.2) is 60.7 Å². The number of rotatable bonds is 12. The minimum Gasteiger partial charge on any atom is -0.356 e. The topological polar surface area (TPSA) is 70.2 Å². The molecule has 32 heavy (non-hydrogen) atoms. The molecule has 172 valence electrons. The maximum atomic E-state index is 12.8. The lowest BCUT2D eigenvalue weighted by atomic mass is 9.85. The van der Waals surface area contributed by atoms with Crippen molar-refractivity contribution in [3.05, 3.63) is 71.8 Å². The summed E-state index contributed by atoms with van der Waals surface area (Å²) in [4.78, 5) is 25.5. The van der Waals surface area contributed by atoms with Crippen LogP contribution >= 0.6 is 0 Å². The van der Waals surface area contributed by atoms with Gasteiger partial charge in [-0.15, -0.1) is 0 Å². The van der Waals surface area contributed by atoms with E-state index >= 15 is 0 Å². The van der Waals surface area contributed by atoms with Gasteiger partial charge in [-0.2, -0.15) is 0 Å². The third-order valence-electron chi connectivity index (χ3n) is 6.22. The van der Waals surface area contributed by atoms with Gasteiger partial charge < -0.3 is 16.0 Å². The molecule has 2 amide bonds. The number of nitrogens with one attached hydrogen (secondary N) is 3. The van der Waals surface area contributed by atoms with Crippen molar-refractivity contribution in [2.75, 3.05) is 26.2 Å². The van der Waals surface area contributed by atoms with E-state index in [1.807, 2.05) is 12.1 Å². The molecule has 0 aliphatic carbocycles. The number of benzene rings is 2. The molecule has 5 nitrogen and oxygen atoms in total. The molecule has 0 aromatic heterocycles. The van der Waals surface area contributed by atoms with Crippen LogP contribution < -0.4 is 16.0 Å². The summed E-state index contributed by atoms with van der Waals surface area (Å²) in [6.45, 7) is 2.69. The van der Waals surface area contributed by atoms with Crippen molar-refractivity contribution in [1.29, 1.82) is 0 Å². The van der Waals surface area contributed by atoms with Gasteiger partial charge in [0.05, 0.1) is 11.8 Å². The molecule has 1 aliphatic rings. The number of aryl methyl sites for hydroxylation is 2. The van der Waals surface area contributed by atoms with Gasteiger partial charge >= 0.3 is 0 Å². The van der Waals surface area contributed by atoms with Crippen molar-refractivity contribution < 1.29 is 9.59 Å². The Morgan fingerprint density at radius 1 is 0.719 bits per heavy atom. The molecule has 3 N–H and O–H groups in total. The van der Waals surface area contributed by atoms with Gasteiger partial charge in [-0.05, 0) is 62.6 Å². The van der Waals surface area contributed by atoms with E-state index in [0.29, 0.717) is 26.1 Å². The molecule has 1 aliphatic heterocycles. The zero-order valence-corrected chi connectivity index (χ0v) is 19.0. The highest BCUT2D eigenvalue weighted by Crippen LogP contribution is 2.20. The second-order valence-electron chi connectivity index (χ2n) is 8.67. The van der Waals surface area contributed by atoms with Gasteiger partial charge in [0.15, 0.2) is 0 Å². The Kier molecular flexibility index (Phi) is 10.3. The van der Waals surface area contributed by atoms with Crippen LogP contribution in [0.5, 0.6) is 0 Å². The third-order valence-corrected chi connectivity index (χ3v) is 6.22. The normalized spacial score (nSPS) is 18.1. The largest absolute Gasteiger partial charge is 0.356 e. The van der Waals surface area contributed by atoms with Crippen molar-refractivity contribution in [2.24, 2.45) is 11.8 Å². The van der Waals surface area contributed by atoms with Crippen LogP contribution in [-0.4, -0.2) is 38.0 Å². The van der Waals surface area contributed by atoms with E-state index in [1.54, 1.807) is 0 Å². The maximum Gasteiger partial charge on any atom is 0.225 e. The number of piperidine rings is 1. The average Bonchev–Trinajstić information content (AvgIpc) is 2.84. The molecule has 0 bridgehead atoms. The molecule has 0 radical (unpaired) electrons. The van der Waals surface area contributed by atoms with Gasteiger partial charge in [-0.25, -0.2) is 0 Å². The van der Waals surface area contributed by atoms with Crippen LogP contribution in [0, 0.1) is 11.8 Å². The summed E-state index contributed by atoms with van der Waals surface area (Å²) >= 11 is 0. The minimum absolute atomic E-state index is 0.00105. The van der Waals surface area contributed by atoms with E-state index in [1.165, 1.54) is 11.1 Å². The molecule has 0 saturated carbocycles. The van der Waals surface area contributed by atoms with Crippen molar-refractivity contribution in [2.45, 2.75) is 44.9 Å². The predicted molar refractivity (Wildman–Crippen MR) is 129 cm³/mol. The molecule has 1 saturated heterocycles. The summed E-state index contributed by atoms with van der Waals surface area (Å²) < 4.78 is 0. The van der Waals surface area contributed by atoms with E-state index in [0.717, 1.165) is 45.1 Å². The molecule has 2 aromatic carbocycles. The number of carbonyl (C=O) groups excluding carboxylic acids is 2. The number of amides is 2. The second-order valence-corrected chi connectivity index (χ2v) is 8.67. The second kappa shape index (κ2) is 13.7. The quantitative estimate of drug-likeness (QED) is 0.447. The molecule has 1 heterocycles. The highest BCUT2D eigenvalue weighted by atomic mass is 16.2. The molecule has 2 atom stereocenters. The lowest BCUT2D eigenvalue weighted by Gasteiger charge is -2.30. The molecule has 5 heteroatoms.